The van der Waals surface area contributed by atoms with E-state index in [0.29, 0.717) is 23.0 Å². The summed E-state index contributed by atoms with van der Waals surface area (Å²) in [5.41, 5.74) is 2.11. The van der Waals surface area contributed by atoms with E-state index in [2.05, 4.69) is 43.4 Å². The number of carbonyl (C=O) groups excluding carboxylic acids is 1. The number of nitrogens with zero attached hydrogens (tertiary/aromatic N) is 4. The van der Waals surface area contributed by atoms with Crippen LogP contribution in [0.15, 0.2) is 59.6 Å². The zero-order valence-corrected chi connectivity index (χ0v) is 23.0. The van der Waals surface area contributed by atoms with Crippen molar-refractivity contribution >= 4 is 41.7 Å². The molecule has 3 aromatic rings. The molecule has 0 radical (unpaired) electrons. The first-order valence-corrected chi connectivity index (χ1v) is 14.2. The Bertz CT molecular complexity index is 1250. The average Bonchev–Trinajstić information content (AvgIpc) is 3.58. The van der Waals surface area contributed by atoms with Crippen LogP contribution in [0.5, 0.6) is 0 Å². The van der Waals surface area contributed by atoms with E-state index >= 15 is 0 Å². The van der Waals surface area contributed by atoms with Crippen LogP contribution in [0.4, 0.5) is 27.5 Å². The van der Waals surface area contributed by atoms with Gasteiger partial charge in [0.05, 0.1) is 12.1 Å². The lowest BCUT2D eigenvalue weighted by Crippen LogP contribution is -2.42. The van der Waals surface area contributed by atoms with E-state index < -0.39 is 0 Å². The van der Waals surface area contributed by atoms with Gasteiger partial charge in [-0.15, -0.1) is 12.6 Å². The summed E-state index contributed by atoms with van der Waals surface area (Å²) in [6, 6.07) is 14.2. The van der Waals surface area contributed by atoms with Crippen molar-refractivity contribution in [3.8, 4) is 0 Å². The number of nitrogens with one attached hydrogen (secondary N) is 3. The van der Waals surface area contributed by atoms with Crippen molar-refractivity contribution < 1.29 is 9.18 Å². The standard InChI is InChI=1S/C18H13FN4OS.C11H23N3/c19-12-1-6-15-11(9-12)10-17(24)23(15)16-7-8-20-18(22-16)21-13-2-4-14(25)5-3-13;1-2-9-14(8-1)10-7-13-11-3-5-12-6-4-11/h1-9,25H,10H2,(H,20,21,22);11-13H,1-10H2. The zero-order valence-electron chi connectivity index (χ0n) is 22.1. The quantitative estimate of drug-likeness (QED) is 0.327. The van der Waals surface area contributed by atoms with Gasteiger partial charge in [-0.25, -0.2) is 9.37 Å². The Morgan fingerprint density at radius 2 is 1.82 bits per heavy atom. The number of aromatic nitrogens is 2. The second-order valence-corrected chi connectivity index (χ2v) is 10.6. The molecule has 8 nitrogen and oxygen atoms in total. The Hall–Kier alpha value is -3.05. The summed E-state index contributed by atoms with van der Waals surface area (Å²) in [6.07, 6.45) is 7.16. The van der Waals surface area contributed by atoms with Gasteiger partial charge in [0.15, 0.2) is 0 Å². The molecule has 6 rings (SSSR count). The van der Waals surface area contributed by atoms with E-state index in [1.807, 2.05) is 24.3 Å². The molecule has 2 aromatic carbocycles. The van der Waals surface area contributed by atoms with Gasteiger partial charge >= 0.3 is 0 Å². The minimum atomic E-state index is -0.355. The maximum Gasteiger partial charge on any atom is 0.237 e. The van der Waals surface area contributed by atoms with Gasteiger partial charge in [0, 0.05) is 42.0 Å². The largest absolute Gasteiger partial charge is 0.324 e. The number of carbonyl (C=O) groups is 1. The molecule has 0 atom stereocenters. The molecule has 3 N–H and O–H groups in total. The van der Waals surface area contributed by atoms with Crippen molar-refractivity contribution in [3.63, 3.8) is 0 Å². The van der Waals surface area contributed by atoms with Crippen molar-refractivity contribution in [1.82, 2.24) is 25.5 Å². The molecule has 3 aliphatic heterocycles. The number of halogens is 1. The fourth-order valence-corrected chi connectivity index (χ4v) is 5.36. The van der Waals surface area contributed by atoms with Crippen LogP contribution in [0.3, 0.4) is 0 Å². The fraction of sp³-hybridized carbons (Fsp3) is 0.414. The highest BCUT2D eigenvalue weighted by molar-refractivity contribution is 7.80. The van der Waals surface area contributed by atoms with Crippen LogP contribution in [-0.2, 0) is 11.2 Å². The monoisotopic (exact) mass is 549 g/mol. The second kappa shape index (κ2) is 13.3. The first-order chi connectivity index (χ1) is 19.0. The first-order valence-electron chi connectivity index (χ1n) is 13.7. The Morgan fingerprint density at radius 3 is 2.59 bits per heavy atom. The van der Waals surface area contributed by atoms with Gasteiger partial charge < -0.3 is 20.9 Å². The molecule has 2 fully saturated rings. The topological polar surface area (TPSA) is 85.4 Å². The Morgan fingerprint density at radius 1 is 1.05 bits per heavy atom. The predicted molar refractivity (Wildman–Crippen MR) is 156 cm³/mol. The molecule has 2 saturated heterocycles. The van der Waals surface area contributed by atoms with Gasteiger partial charge in [-0.05, 0) is 99.9 Å². The Labute approximate surface area is 234 Å². The van der Waals surface area contributed by atoms with Crippen LogP contribution >= 0.6 is 12.6 Å². The Balaban J connectivity index is 0.000000186. The third-order valence-corrected chi connectivity index (χ3v) is 7.56. The summed E-state index contributed by atoms with van der Waals surface area (Å²) >= 11 is 4.25. The van der Waals surface area contributed by atoms with Gasteiger partial charge in [0.25, 0.3) is 0 Å². The van der Waals surface area contributed by atoms with E-state index in [1.54, 1.807) is 18.3 Å². The van der Waals surface area contributed by atoms with Crippen molar-refractivity contribution in [3.05, 3.63) is 66.1 Å². The van der Waals surface area contributed by atoms with E-state index in [1.165, 1.54) is 82.0 Å². The third-order valence-electron chi connectivity index (χ3n) is 7.27. The maximum absolute atomic E-state index is 13.4. The molecule has 206 valence electrons. The molecular formula is C29H36FN7OS. The number of benzene rings is 2. The van der Waals surface area contributed by atoms with Gasteiger partial charge in [-0.1, -0.05) is 0 Å². The number of thiol groups is 1. The summed E-state index contributed by atoms with van der Waals surface area (Å²) in [7, 11) is 0. The van der Waals surface area contributed by atoms with Crippen molar-refractivity contribution in [1.29, 1.82) is 0 Å². The third kappa shape index (κ3) is 7.54. The molecule has 10 heteroatoms. The first kappa shape index (κ1) is 27.5. The summed E-state index contributed by atoms with van der Waals surface area (Å²) < 4.78 is 13.4. The number of likely N-dealkylation sites (tertiary alicyclic amines) is 1. The number of amides is 1. The molecule has 1 aromatic heterocycles. The molecular weight excluding hydrogens is 513 g/mol. The minimum Gasteiger partial charge on any atom is -0.324 e. The smallest absolute Gasteiger partial charge is 0.237 e. The lowest BCUT2D eigenvalue weighted by atomic mass is 10.1. The second-order valence-electron chi connectivity index (χ2n) is 10.1. The lowest BCUT2D eigenvalue weighted by molar-refractivity contribution is -0.116. The number of fused-ring (bicyclic) bond motifs is 1. The van der Waals surface area contributed by atoms with Crippen LogP contribution in [0.1, 0.15) is 31.2 Å². The van der Waals surface area contributed by atoms with Crippen LogP contribution in [0, 0.1) is 5.82 Å². The summed E-state index contributed by atoms with van der Waals surface area (Å²) in [4.78, 5) is 25.9. The Kier molecular flexibility index (Phi) is 9.41. The predicted octanol–water partition coefficient (Wildman–Crippen LogP) is 4.29. The van der Waals surface area contributed by atoms with E-state index in [9.17, 15) is 9.18 Å². The number of rotatable bonds is 7. The van der Waals surface area contributed by atoms with Crippen LogP contribution in [0.2, 0.25) is 0 Å². The molecule has 0 saturated carbocycles. The molecule has 0 unspecified atom stereocenters. The molecule has 0 spiro atoms. The molecule has 1 amide bonds. The number of hydrogen-bond acceptors (Lipinski definition) is 8. The van der Waals surface area contributed by atoms with E-state index in [0.717, 1.165) is 16.6 Å². The van der Waals surface area contributed by atoms with Crippen molar-refractivity contribution in [2.75, 3.05) is 49.5 Å². The fourth-order valence-electron chi connectivity index (χ4n) is 5.21. The highest BCUT2D eigenvalue weighted by atomic mass is 32.1. The molecule has 0 aliphatic carbocycles. The number of anilines is 4. The summed E-state index contributed by atoms with van der Waals surface area (Å²) in [5, 5.41) is 10.2. The molecule has 4 heterocycles. The van der Waals surface area contributed by atoms with E-state index in [-0.39, 0.29) is 18.1 Å². The van der Waals surface area contributed by atoms with E-state index in [4.69, 9.17) is 0 Å². The van der Waals surface area contributed by atoms with Gasteiger partial charge in [0.2, 0.25) is 11.9 Å². The normalized spacial score (nSPS) is 17.6. The van der Waals surface area contributed by atoms with Crippen molar-refractivity contribution in [2.24, 2.45) is 0 Å². The van der Waals surface area contributed by atoms with Crippen LogP contribution in [0.25, 0.3) is 0 Å². The molecule has 39 heavy (non-hydrogen) atoms. The molecule has 3 aliphatic rings. The minimum absolute atomic E-state index is 0.148. The van der Waals surface area contributed by atoms with Gasteiger partial charge in [-0.2, -0.15) is 4.98 Å². The maximum atomic E-state index is 13.4. The SMILES string of the molecule is C1CCN(CCNC2CCNCC2)C1.O=C1Cc2cc(F)ccc2N1c1ccnc(Nc2ccc(S)cc2)n1. The summed E-state index contributed by atoms with van der Waals surface area (Å²) in [5.74, 6) is 0.308. The van der Waals surface area contributed by atoms with Crippen LogP contribution < -0.4 is 20.9 Å². The van der Waals surface area contributed by atoms with Gasteiger partial charge in [-0.3, -0.25) is 9.69 Å². The number of piperidine rings is 1. The zero-order chi connectivity index (χ0) is 27.0. The average molecular weight is 550 g/mol. The van der Waals surface area contributed by atoms with Crippen molar-refractivity contribution in [2.45, 2.75) is 43.0 Å². The van der Waals surface area contributed by atoms with Crippen LogP contribution in [-0.4, -0.2) is 66.1 Å². The molecule has 0 bridgehead atoms. The highest BCUT2D eigenvalue weighted by Gasteiger charge is 2.30. The number of hydrogen-bond donors (Lipinski definition) is 4. The lowest BCUT2D eigenvalue weighted by Gasteiger charge is -2.25. The highest BCUT2D eigenvalue weighted by Crippen LogP contribution is 2.35. The summed E-state index contributed by atoms with van der Waals surface area (Å²) in [6.45, 7) is 7.49. The van der Waals surface area contributed by atoms with Gasteiger partial charge in [0.1, 0.15) is 11.6 Å².